The number of anilines is 2. The molecule has 0 radical (unpaired) electrons. The Morgan fingerprint density at radius 3 is 1.67 bits per heavy atom. The zero-order chi connectivity index (χ0) is 16.8. The zero-order valence-electron chi connectivity index (χ0n) is 14.1. The lowest BCUT2D eigenvalue weighted by Gasteiger charge is -2.16. The van der Waals surface area contributed by atoms with Gasteiger partial charge in [-0.15, -0.1) is 0 Å². The summed E-state index contributed by atoms with van der Waals surface area (Å²) in [7, 11) is 0. The third kappa shape index (κ3) is 2.26. The first kappa shape index (κ1) is 14.8. The maximum Gasteiger partial charge on any atom is 0.0353 e. The minimum atomic E-state index is 0.197. The molecule has 2 heteroatoms. The lowest BCUT2D eigenvalue weighted by molar-refractivity contribution is 0.863. The highest BCUT2D eigenvalue weighted by Crippen LogP contribution is 2.49. The molecule has 0 saturated carbocycles. The summed E-state index contributed by atoms with van der Waals surface area (Å²) >= 11 is 0. The molecule has 0 saturated heterocycles. The molecule has 0 unspecified atom stereocenters. The van der Waals surface area contributed by atoms with Crippen molar-refractivity contribution in [3.63, 3.8) is 0 Å². The molecule has 0 heterocycles. The van der Waals surface area contributed by atoms with E-state index in [1.54, 1.807) is 0 Å². The molecular formula is C22H22N2. The van der Waals surface area contributed by atoms with Crippen molar-refractivity contribution in [2.45, 2.75) is 25.7 Å². The first-order chi connectivity index (χ1) is 11.5. The molecule has 24 heavy (non-hydrogen) atoms. The van der Waals surface area contributed by atoms with Crippen LogP contribution in [0.25, 0.3) is 11.1 Å². The van der Waals surface area contributed by atoms with Gasteiger partial charge >= 0.3 is 0 Å². The number of fused-ring (bicyclic) bond motifs is 3. The van der Waals surface area contributed by atoms with Crippen molar-refractivity contribution in [3.8, 4) is 11.1 Å². The number of hydrogen-bond acceptors (Lipinski definition) is 2. The van der Waals surface area contributed by atoms with E-state index in [1.165, 1.54) is 33.4 Å². The standard InChI is InChI=1S/C22H22N2/c1-13(2)14-3-5-15(6-4-14)22-20-11-16(23)7-9-18(20)19-10-8-17(24)12-21(19)22/h3-13,22H,23-24H2,1-2H3. The van der Waals surface area contributed by atoms with Gasteiger partial charge in [0.25, 0.3) is 0 Å². The maximum absolute atomic E-state index is 6.08. The summed E-state index contributed by atoms with van der Waals surface area (Å²) in [6, 6.07) is 21.4. The average molecular weight is 314 g/mol. The molecule has 3 aromatic carbocycles. The highest BCUT2D eigenvalue weighted by Gasteiger charge is 2.30. The smallest absolute Gasteiger partial charge is 0.0353 e. The second kappa shape index (κ2) is 5.41. The number of benzene rings is 3. The van der Waals surface area contributed by atoms with Crippen LogP contribution < -0.4 is 11.5 Å². The number of nitrogen functional groups attached to an aromatic ring is 2. The van der Waals surface area contributed by atoms with Gasteiger partial charge in [-0.05, 0) is 63.6 Å². The number of nitrogens with two attached hydrogens (primary N) is 2. The predicted octanol–water partition coefficient (Wildman–Crippen LogP) is 5.14. The van der Waals surface area contributed by atoms with E-state index in [9.17, 15) is 0 Å². The van der Waals surface area contributed by atoms with Crippen LogP contribution in [0.15, 0.2) is 60.7 Å². The average Bonchev–Trinajstić information content (AvgIpc) is 2.87. The number of rotatable bonds is 2. The number of hydrogen-bond donors (Lipinski definition) is 2. The molecule has 0 aliphatic heterocycles. The van der Waals surface area contributed by atoms with Gasteiger partial charge in [-0.1, -0.05) is 50.2 Å². The Hall–Kier alpha value is -2.74. The topological polar surface area (TPSA) is 52.0 Å². The second-order valence-electron chi connectivity index (χ2n) is 6.95. The first-order valence-corrected chi connectivity index (χ1v) is 8.43. The Morgan fingerprint density at radius 1 is 0.708 bits per heavy atom. The summed E-state index contributed by atoms with van der Waals surface area (Å²) in [6.45, 7) is 4.44. The lowest BCUT2D eigenvalue weighted by Crippen LogP contribution is -2.01. The van der Waals surface area contributed by atoms with E-state index in [0.29, 0.717) is 5.92 Å². The Morgan fingerprint density at radius 2 is 1.21 bits per heavy atom. The van der Waals surface area contributed by atoms with Gasteiger partial charge in [0.1, 0.15) is 0 Å². The van der Waals surface area contributed by atoms with Gasteiger partial charge in [-0.2, -0.15) is 0 Å². The molecule has 1 aliphatic rings. The van der Waals surface area contributed by atoms with Gasteiger partial charge in [0.05, 0.1) is 0 Å². The van der Waals surface area contributed by atoms with Crippen molar-refractivity contribution in [3.05, 3.63) is 82.9 Å². The monoisotopic (exact) mass is 314 g/mol. The second-order valence-corrected chi connectivity index (χ2v) is 6.95. The van der Waals surface area contributed by atoms with Gasteiger partial charge < -0.3 is 11.5 Å². The highest BCUT2D eigenvalue weighted by atomic mass is 14.6. The molecule has 4 rings (SSSR count). The van der Waals surface area contributed by atoms with Crippen LogP contribution in [0.3, 0.4) is 0 Å². The van der Waals surface area contributed by atoms with Crippen LogP contribution in [0.1, 0.15) is 47.9 Å². The van der Waals surface area contributed by atoms with Crippen molar-refractivity contribution < 1.29 is 0 Å². The molecule has 0 atom stereocenters. The Labute approximate surface area is 143 Å². The largest absolute Gasteiger partial charge is 0.399 e. The van der Waals surface area contributed by atoms with Crippen LogP contribution in [-0.4, -0.2) is 0 Å². The molecule has 120 valence electrons. The van der Waals surface area contributed by atoms with Crippen molar-refractivity contribution in [2.24, 2.45) is 0 Å². The highest BCUT2D eigenvalue weighted by molar-refractivity contribution is 5.83. The van der Waals surface area contributed by atoms with Crippen LogP contribution in [0, 0.1) is 0 Å². The van der Waals surface area contributed by atoms with E-state index in [2.05, 4.69) is 62.4 Å². The molecule has 3 aromatic rings. The summed E-state index contributed by atoms with van der Waals surface area (Å²) in [5.74, 6) is 0.733. The molecule has 0 fully saturated rings. The Kier molecular flexibility index (Phi) is 3.34. The van der Waals surface area contributed by atoms with Crippen molar-refractivity contribution in [1.82, 2.24) is 0 Å². The fourth-order valence-corrected chi connectivity index (χ4v) is 3.73. The quantitative estimate of drug-likeness (QED) is 0.504. The van der Waals surface area contributed by atoms with Crippen LogP contribution in [0.5, 0.6) is 0 Å². The molecular weight excluding hydrogens is 292 g/mol. The van der Waals surface area contributed by atoms with Gasteiger partial charge in [-0.3, -0.25) is 0 Å². The van der Waals surface area contributed by atoms with Crippen LogP contribution in [0.2, 0.25) is 0 Å². The van der Waals surface area contributed by atoms with E-state index in [-0.39, 0.29) is 5.92 Å². The first-order valence-electron chi connectivity index (χ1n) is 8.43. The fraction of sp³-hybridized carbons (Fsp3) is 0.182. The minimum absolute atomic E-state index is 0.197. The van der Waals surface area contributed by atoms with Gasteiger partial charge in [0, 0.05) is 17.3 Å². The van der Waals surface area contributed by atoms with Gasteiger partial charge in [-0.25, -0.2) is 0 Å². The maximum atomic E-state index is 6.08. The summed E-state index contributed by atoms with van der Waals surface area (Å²) in [4.78, 5) is 0. The molecule has 0 spiro atoms. The van der Waals surface area contributed by atoms with Gasteiger partial charge in [0.15, 0.2) is 0 Å². The summed E-state index contributed by atoms with van der Waals surface area (Å²) in [5, 5.41) is 0. The lowest BCUT2D eigenvalue weighted by atomic mass is 9.88. The van der Waals surface area contributed by atoms with Crippen LogP contribution in [0.4, 0.5) is 11.4 Å². The van der Waals surface area contributed by atoms with E-state index in [4.69, 9.17) is 11.5 Å². The fourth-order valence-electron chi connectivity index (χ4n) is 3.73. The molecule has 4 N–H and O–H groups in total. The summed E-state index contributed by atoms with van der Waals surface area (Å²) < 4.78 is 0. The predicted molar refractivity (Wildman–Crippen MR) is 102 cm³/mol. The molecule has 2 nitrogen and oxygen atoms in total. The summed E-state index contributed by atoms with van der Waals surface area (Å²) in [6.07, 6.45) is 0. The molecule has 1 aliphatic carbocycles. The minimum Gasteiger partial charge on any atom is -0.399 e. The normalized spacial score (nSPS) is 13.1. The molecule has 0 aromatic heterocycles. The van der Waals surface area contributed by atoms with Crippen molar-refractivity contribution >= 4 is 11.4 Å². The molecule has 0 amide bonds. The summed E-state index contributed by atoms with van der Waals surface area (Å²) in [5.41, 5.74) is 21.5. The van der Waals surface area contributed by atoms with E-state index >= 15 is 0 Å². The van der Waals surface area contributed by atoms with Crippen LogP contribution in [-0.2, 0) is 0 Å². The molecule has 0 bridgehead atoms. The third-order valence-electron chi connectivity index (χ3n) is 5.00. The Bertz CT molecular complexity index is 856. The Balaban J connectivity index is 1.91. The van der Waals surface area contributed by atoms with Crippen molar-refractivity contribution in [1.29, 1.82) is 0 Å². The van der Waals surface area contributed by atoms with Gasteiger partial charge in [0.2, 0.25) is 0 Å². The van der Waals surface area contributed by atoms with E-state index < -0.39 is 0 Å². The SMILES string of the molecule is CC(C)c1ccc(C2c3cc(N)ccc3-c3ccc(N)cc32)cc1. The zero-order valence-corrected chi connectivity index (χ0v) is 14.1. The third-order valence-corrected chi connectivity index (χ3v) is 5.00. The van der Waals surface area contributed by atoms with E-state index in [1.807, 2.05) is 12.1 Å². The van der Waals surface area contributed by atoms with Crippen LogP contribution >= 0.6 is 0 Å². The van der Waals surface area contributed by atoms with Crippen molar-refractivity contribution in [2.75, 3.05) is 11.5 Å². The van der Waals surface area contributed by atoms with E-state index in [0.717, 1.165) is 11.4 Å².